The van der Waals surface area contributed by atoms with Crippen molar-refractivity contribution in [1.29, 1.82) is 0 Å². The van der Waals surface area contributed by atoms with Crippen LogP contribution in [0.1, 0.15) is 12.8 Å². The third kappa shape index (κ3) is 4.55. The molecular weight excluding hydrogens is 411 g/mol. The predicted octanol–water partition coefficient (Wildman–Crippen LogP) is 3.74. The van der Waals surface area contributed by atoms with E-state index >= 15 is 0 Å². The Balaban J connectivity index is 1.66. The van der Waals surface area contributed by atoms with Gasteiger partial charge in [-0.1, -0.05) is 29.3 Å². The lowest BCUT2D eigenvalue weighted by Crippen LogP contribution is -2.41. The number of piperidine rings is 1. The van der Waals surface area contributed by atoms with Gasteiger partial charge in [0, 0.05) is 35.8 Å². The van der Waals surface area contributed by atoms with Crippen LogP contribution in [0.5, 0.6) is 5.75 Å². The highest BCUT2D eigenvalue weighted by molar-refractivity contribution is 7.89. The van der Waals surface area contributed by atoms with Crippen molar-refractivity contribution < 1.29 is 18.3 Å². The summed E-state index contributed by atoms with van der Waals surface area (Å²) in [7, 11) is -3.78. The van der Waals surface area contributed by atoms with Crippen molar-refractivity contribution in [1.82, 2.24) is 4.31 Å². The predicted molar refractivity (Wildman–Crippen MR) is 105 cm³/mol. The van der Waals surface area contributed by atoms with Crippen LogP contribution >= 0.6 is 23.2 Å². The first kappa shape index (κ1) is 19.9. The minimum absolute atomic E-state index is 0.0284. The van der Waals surface area contributed by atoms with Crippen molar-refractivity contribution in [3.8, 4) is 5.75 Å². The molecule has 3 rings (SSSR count). The first-order valence-electron chi connectivity index (χ1n) is 8.32. The molecule has 1 fully saturated rings. The largest absolute Gasteiger partial charge is 0.508 e. The van der Waals surface area contributed by atoms with Gasteiger partial charge in [-0.25, -0.2) is 8.42 Å². The van der Waals surface area contributed by atoms with E-state index in [9.17, 15) is 18.3 Å². The average molecular weight is 429 g/mol. The third-order valence-electron chi connectivity index (χ3n) is 4.45. The molecule has 6 nitrogen and oxygen atoms in total. The van der Waals surface area contributed by atoms with Crippen molar-refractivity contribution in [2.24, 2.45) is 5.92 Å². The Kier molecular flexibility index (Phi) is 5.95. The molecule has 27 heavy (non-hydrogen) atoms. The van der Waals surface area contributed by atoms with E-state index < -0.39 is 10.0 Å². The monoisotopic (exact) mass is 428 g/mol. The molecule has 2 aromatic rings. The topological polar surface area (TPSA) is 86.7 Å². The highest BCUT2D eigenvalue weighted by atomic mass is 35.5. The number of sulfonamides is 1. The summed E-state index contributed by atoms with van der Waals surface area (Å²) in [4.78, 5) is 12.4. The molecule has 0 aliphatic carbocycles. The molecule has 0 atom stereocenters. The number of carbonyl (C=O) groups is 1. The number of nitrogens with zero attached hydrogens (tertiary/aromatic N) is 1. The summed E-state index contributed by atoms with van der Waals surface area (Å²) in [5.41, 5.74) is 0.501. The Morgan fingerprint density at radius 1 is 1.11 bits per heavy atom. The van der Waals surface area contributed by atoms with E-state index in [1.54, 1.807) is 12.1 Å². The quantitative estimate of drug-likeness (QED) is 0.776. The van der Waals surface area contributed by atoms with Gasteiger partial charge in [0.1, 0.15) is 10.6 Å². The minimum atomic E-state index is -3.78. The number of aromatic hydroxyl groups is 1. The lowest BCUT2D eigenvalue weighted by Gasteiger charge is -2.30. The van der Waals surface area contributed by atoms with E-state index in [4.69, 9.17) is 23.2 Å². The lowest BCUT2D eigenvalue weighted by molar-refractivity contribution is -0.120. The lowest BCUT2D eigenvalue weighted by atomic mass is 9.97. The smallest absolute Gasteiger partial charge is 0.244 e. The fourth-order valence-electron chi connectivity index (χ4n) is 3.00. The first-order chi connectivity index (χ1) is 12.8. The van der Waals surface area contributed by atoms with Crippen molar-refractivity contribution >= 4 is 44.8 Å². The number of nitrogens with one attached hydrogen (secondary N) is 1. The van der Waals surface area contributed by atoms with Crippen LogP contribution in [-0.4, -0.2) is 36.8 Å². The third-order valence-corrected chi connectivity index (χ3v) is 7.06. The van der Waals surface area contributed by atoms with Crippen LogP contribution in [0.3, 0.4) is 0 Å². The van der Waals surface area contributed by atoms with Crippen molar-refractivity contribution in [2.75, 3.05) is 18.4 Å². The first-order valence-corrected chi connectivity index (χ1v) is 10.5. The molecule has 0 spiro atoms. The molecule has 0 unspecified atom stereocenters. The Morgan fingerprint density at radius 2 is 1.81 bits per heavy atom. The van der Waals surface area contributed by atoms with Gasteiger partial charge in [0.15, 0.2) is 0 Å². The van der Waals surface area contributed by atoms with Gasteiger partial charge in [0.05, 0.1) is 5.02 Å². The van der Waals surface area contributed by atoms with E-state index in [1.807, 2.05) is 0 Å². The molecule has 0 radical (unpaired) electrons. The number of hydrogen-bond donors (Lipinski definition) is 2. The standard InChI is InChI=1S/C18H18Cl2N2O4S/c19-13-4-5-16(20)17(10-13)27(25,26)22-8-6-12(7-9-22)18(24)21-14-2-1-3-15(23)11-14/h1-5,10-12,23H,6-9H2,(H,21,24). The van der Waals surface area contributed by atoms with E-state index in [2.05, 4.69) is 5.32 Å². The number of phenolic OH excluding ortho intramolecular Hbond substituents is 1. The van der Waals surface area contributed by atoms with Gasteiger partial charge in [-0.05, 0) is 43.2 Å². The Bertz CT molecular complexity index is 958. The second-order valence-corrected chi connectivity index (χ2v) is 9.04. The molecule has 1 heterocycles. The Labute approximate surface area is 167 Å². The fourth-order valence-corrected chi connectivity index (χ4v) is 5.21. The number of anilines is 1. The molecule has 0 saturated carbocycles. The summed E-state index contributed by atoms with van der Waals surface area (Å²) in [5.74, 6) is -0.445. The Hall–Kier alpha value is -1.80. The van der Waals surface area contributed by atoms with Gasteiger partial charge in [0.25, 0.3) is 0 Å². The van der Waals surface area contributed by atoms with Crippen LogP contribution in [0.15, 0.2) is 47.4 Å². The number of halogens is 2. The number of rotatable bonds is 4. The molecule has 0 bridgehead atoms. The zero-order valence-corrected chi connectivity index (χ0v) is 16.6. The average Bonchev–Trinajstić information content (AvgIpc) is 2.63. The Morgan fingerprint density at radius 3 is 2.48 bits per heavy atom. The van der Waals surface area contributed by atoms with E-state index in [1.165, 1.54) is 34.6 Å². The van der Waals surface area contributed by atoms with Crippen molar-refractivity contribution in [3.05, 3.63) is 52.5 Å². The molecular formula is C18H18Cl2N2O4S. The molecule has 2 N–H and O–H groups in total. The van der Waals surface area contributed by atoms with Gasteiger partial charge >= 0.3 is 0 Å². The van der Waals surface area contributed by atoms with E-state index in [-0.39, 0.29) is 40.6 Å². The fraction of sp³-hybridized carbons (Fsp3) is 0.278. The van der Waals surface area contributed by atoms with Crippen LogP contribution < -0.4 is 5.32 Å². The highest BCUT2D eigenvalue weighted by Crippen LogP contribution is 2.30. The van der Waals surface area contributed by atoms with Crippen LogP contribution in [-0.2, 0) is 14.8 Å². The highest BCUT2D eigenvalue weighted by Gasteiger charge is 2.33. The number of phenols is 1. The van der Waals surface area contributed by atoms with Crippen molar-refractivity contribution in [2.45, 2.75) is 17.7 Å². The molecule has 9 heteroatoms. The summed E-state index contributed by atoms with van der Waals surface area (Å²) in [6, 6.07) is 10.6. The maximum Gasteiger partial charge on any atom is 0.244 e. The molecule has 1 aliphatic rings. The number of carbonyl (C=O) groups excluding carboxylic acids is 1. The molecule has 1 saturated heterocycles. The van der Waals surface area contributed by atoms with Gasteiger partial charge in [-0.3, -0.25) is 4.79 Å². The van der Waals surface area contributed by atoms with E-state index in [0.29, 0.717) is 23.6 Å². The molecule has 2 aromatic carbocycles. The van der Waals surface area contributed by atoms with Gasteiger partial charge in [-0.2, -0.15) is 4.31 Å². The minimum Gasteiger partial charge on any atom is -0.508 e. The van der Waals surface area contributed by atoms with Gasteiger partial charge in [-0.15, -0.1) is 0 Å². The normalized spacial score (nSPS) is 16.2. The molecule has 1 aliphatic heterocycles. The summed E-state index contributed by atoms with van der Waals surface area (Å²) < 4.78 is 27.0. The summed E-state index contributed by atoms with van der Waals surface area (Å²) in [6.45, 7) is 0.423. The number of amides is 1. The maximum absolute atomic E-state index is 12.8. The van der Waals surface area contributed by atoms with Gasteiger partial charge < -0.3 is 10.4 Å². The zero-order chi connectivity index (χ0) is 19.6. The SMILES string of the molecule is O=C(Nc1cccc(O)c1)C1CCN(S(=O)(=O)c2cc(Cl)ccc2Cl)CC1. The second-order valence-electron chi connectivity index (χ2n) is 6.29. The number of hydrogen-bond acceptors (Lipinski definition) is 4. The van der Waals surface area contributed by atoms with Crippen LogP contribution in [0.4, 0.5) is 5.69 Å². The zero-order valence-electron chi connectivity index (χ0n) is 14.2. The van der Waals surface area contributed by atoms with Crippen molar-refractivity contribution in [3.63, 3.8) is 0 Å². The molecule has 0 aromatic heterocycles. The maximum atomic E-state index is 12.8. The molecule has 1 amide bonds. The molecule has 144 valence electrons. The second kappa shape index (κ2) is 8.06. The van der Waals surface area contributed by atoms with Gasteiger partial charge in [0.2, 0.25) is 15.9 Å². The summed E-state index contributed by atoms with van der Waals surface area (Å²) in [5, 5.41) is 12.6. The van der Waals surface area contributed by atoms with E-state index in [0.717, 1.165) is 0 Å². The van der Waals surface area contributed by atoms with Crippen LogP contribution in [0.2, 0.25) is 10.0 Å². The van der Waals surface area contributed by atoms with Crippen LogP contribution in [0, 0.1) is 5.92 Å². The number of benzene rings is 2. The summed E-state index contributed by atoms with van der Waals surface area (Å²) >= 11 is 11.9. The van der Waals surface area contributed by atoms with Crippen LogP contribution in [0.25, 0.3) is 0 Å². The summed E-state index contributed by atoms with van der Waals surface area (Å²) in [6.07, 6.45) is 0.782.